The van der Waals surface area contributed by atoms with Gasteiger partial charge in [-0.2, -0.15) is 0 Å². The van der Waals surface area contributed by atoms with Gasteiger partial charge >= 0.3 is 0 Å². The molecule has 0 radical (unpaired) electrons. The number of hydrogen-bond donors (Lipinski definition) is 1. The standard InChI is InChI=1S/C15H15FN2O2.BrH/c16-14-7-5-12(6-8-14)9-10-17-11-13-3-1-2-4-15(13)18(19)20;/h1-8,17H,9-11H2;1H. The summed E-state index contributed by atoms with van der Waals surface area (Å²) in [6, 6.07) is 13.0. The Balaban J connectivity index is 0.00000220. The van der Waals surface area contributed by atoms with Crippen LogP contribution < -0.4 is 5.32 Å². The summed E-state index contributed by atoms with van der Waals surface area (Å²) in [5.74, 6) is -0.249. The number of nitro groups is 1. The van der Waals surface area contributed by atoms with Gasteiger partial charge in [-0.15, -0.1) is 17.0 Å². The van der Waals surface area contributed by atoms with E-state index in [1.807, 2.05) is 0 Å². The number of rotatable bonds is 6. The molecule has 0 aliphatic heterocycles. The summed E-state index contributed by atoms with van der Waals surface area (Å²) in [6.07, 6.45) is 0.751. The topological polar surface area (TPSA) is 55.2 Å². The molecule has 0 heterocycles. The molecule has 112 valence electrons. The van der Waals surface area contributed by atoms with Crippen molar-refractivity contribution in [1.82, 2.24) is 5.32 Å². The van der Waals surface area contributed by atoms with Gasteiger partial charge in [0.25, 0.3) is 5.69 Å². The first-order valence-corrected chi connectivity index (χ1v) is 6.34. The van der Waals surface area contributed by atoms with Gasteiger partial charge < -0.3 is 5.32 Å². The maximum absolute atomic E-state index is 12.7. The molecule has 0 atom stereocenters. The van der Waals surface area contributed by atoms with Gasteiger partial charge in [-0.3, -0.25) is 10.1 Å². The molecule has 0 unspecified atom stereocenters. The van der Waals surface area contributed by atoms with E-state index in [0.717, 1.165) is 12.0 Å². The average molecular weight is 355 g/mol. The Morgan fingerprint density at radius 3 is 2.43 bits per heavy atom. The summed E-state index contributed by atoms with van der Waals surface area (Å²) >= 11 is 0. The molecule has 1 N–H and O–H groups in total. The molecule has 0 aliphatic rings. The second-order valence-corrected chi connectivity index (χ2v) is 4.44. The Hall–Kier alpha value is -1.79. The molecule has 0 aromatic heterocycles. The first kappa shape index (κ1) is 17.3. The highest BCUT2D eigenvalue weighted by Crippen LogP contribution is 2.17. The normalized spacial score (nSPS) is 9.95. The SMILES string of the molecule is Br.O=[N+]([O-])c1ccccc1CNCCc1ccc(F)cc1. The van der Waals surface area contributed by atoms with Crippen molar-refractivity contribution < 1.29 is 9.31 Å². The monoisotopic (exact) mass is 354 g/mol. The van der Waals surface area contributed by atoms with Crippen molar-refractivity contribution >= 4 is 22.7 Å². The number of halogens is 2. The van der Waals surface area contributed by atoms with E-state index >= 15 is 0 Å². The maximum atomic E-state index is 12.7. The lowest BCUT2D eigenvalue weighted by Gasteiger charge is -2.06. The van der Waals surface area contributed by atoms with E-state index in [0.29, 0.717) is 18.7 Å². The molecule has 0 aliphatic carbocycles. The van der Waals surface area contributed by atoms with E-state index in [2.05, 4.69) is 5.32 Å². The number of nitro benzene ring substituents is 1. The van der Waals surface area contributed by atoms with Crippen LogP contribution in [0.3, 0.4) is 0 Å². The van der Waals surface area contributed by atoms with Gasteiger partial charge in [0, 0.05) is 18.2 Å². The molecule has 2 aromatic carbocycles. The zero-order valence-electron chi connectivity index (χ0n) is 11.3. The van der Waals surface area contributed by atoms with E-state index in [1.165, 1.54) is 18.2 Å². The molecule has 2 aromatic rings. The number of nitrogens with zero attached hydrogens (tertiary/aromatic N) is 1. The van der Waals surface area contributed by atoms with Crippen molar-refractivity contribution in [1.29, 1.82) is 0 Å². The van der Waals surface area contributed by atoms with E-state index in [1.54, 1.807) is 30.3 Å². The molecule has 0 amide bonds. The molecule has 0 saturated heterocycles. The average Bonchev–Trinajstić information content (AvgIpc) is 2.46. The lowest BCUT2D eigenvalue weighted by Crippen LogP contribution is -2.17. The van der Waals surface area contributed by atoms with Gasteiger partial charge in [0.1, 0.15) is 5.82 Å². The summed E-state index contributed by atoms with van der Waals surface area (Å²) in [7, 11) is 0. The Kier molecular flexibility index (Phi) is 6.98. The highest BCUT2D eigenvalue weighted by atomic mass is 79.9. The van der Waals surface area contributed by atoms with Crippen molar-refractivity contribution in [2.45, 2.75) is 13.0 Å². The fourth-order valence-corrected chi connectivity index (χ4v) is 1.95. The zero-order valence-corrected chi connectivity index (χ0v) is 13.0. The number of benzene rings is 2. The fraction of sp³-hybridized carbons (Fsp3) is 0.200. The minimum Gasteiger partial charge on any atom is -0.312 e. The Bertz CT molecular complexity index is 590. The molecule has 21 heavy (non-hydrogen) atoms. The van der Waals surface area contributed by atoms with Crippen molar-refractivity contribution in [3.8, 4) is 0 Å². The van der Waals surface area contributed by atoms with Crippen molar-refractivity contribution in [2.75, 3.05) is 6.54 Å². The van der Waals surface area contributed by atoms with Crippen LogP contribution in [0, 0.1) is 15.9 Å². The molecule has 2 rings (SSSR count). The van der Waals surface area contributed by atoms with Gasteiger partial charge in [0.15, 0.2) is 0 Å². The van der Waals surface area contributed by atoms with E-state index in [9.17, 15) is 14.5 Å². The van der Waals surface area contributed by atoms with Crippen LogP contribution in [0.25, 0.3) is 0 Å². The first-order valence-electron chi connectivity index (χ1n) is 6.34. The van der Waals surface area contributed by atoms with E-state index in [-0.39, 0.29) is 33.4 Å². The lowest BCUT2D eigenvalue weighted by atomic mass is 10.1. The predicted octanol–water partition coefficient (Wildman–Crippen LogP) is 3.64. The second-order valence-electron chi connectivity index (χ2n) is 4.44. The Morgan fingerprint density at radius 2 is 1.76 bits per heavy atom. The van der Waals surface area contributed by atoms with Crippen molar-refractivity contribution in [3.05, 3.63) is 75.6 Å². The number of nitrogens with one attached hydrogen (secondary N) is 1. The smallest absolute Gasteiger partial charge is 0.273 e. The van der Waals surface area contributed by atoms with Crippen LogP contribution in [-0.4, -0.2) is 11.5 Å². The van der Waals surface area contributed by atoms with Gasteiger partial charge in [0.2, 0.25) is 0 Å². The fourth-order valence-electron chi connectivity index (χ4n) is 1.95. The summed E-state index contributed by atoms with van der Waals surface area (Å²) in [5.41, 5.74) is 1.82. The molecule has 0 spiro atoms. The van der Waals surface area contributed by atoms with Gasteiger partial charge in [-0.1, -0.05) is 30.3 Å². The summed E-state index contributed by atoms with van der Waals surface area (Å²) in [4.78, 5) is 10.5. The molecule has 6 heteroatoms. The maximum Gasteiger partial charge on any atom is 0.273 e. The van der Waals surface area contributed by atoms with Crippen LogP contribution in [0.5, 0.6) is 0 Å². The molecule has 0 fully saturated rings. The summed E-state index contributed by atoms with van der Waals surface area (Å²) in [5, 5.41) is 14.0. The van der Waals surface area contributed by atoms with Crippen molar-refractivity contribution in [3.63, 3.8) is 0 Å². The number of para-hydroxylation sites is 1. The summed E-state index contributed by atoms with van der Waals surface area (Å²) < 4.78 is 12.7. The largest absolute Gasteiger partial charge is 0.312 e. The van der Waals surface area contributed by atoms with Crippen LogP contribution in [0.1, 0.15) is 11.1 Å². The van der Waals surface area contributed by atoms with Gasteiger partial charge in [0.05, 0.1) is 4.92 Å². The minimum atomic E-state index is -0.378. The van der Waals surface area contributed by atoms with Gasteiger partial charge in [-0.05, 0) is 30.7 Å². The molecule has 0 bridgehead atoms. The van der Waals surface area contributed by atoms with E-state index < -0.39 is 0 Å². The minimum absolute atomic E-state index is 0. The third-order valence-corrected chi connectivity index (χ3v) is 3.01. The molecule has 4 nitrogen and oxygen atoms in total. The molecule has 0 saturated carbocycles. The molecular formula is C15H16BrFN2O2. The van der Waals surface area contributed by atoms with Crippen LogP contribution in [0.15, 0.2) is 48.5 Å². The lowest BCUT2D eigenvalue weighted by molar-refractivity contribution is -0.385. The molecular weight excluding hydrogens is 339 g/mol. The quantitative estimate of drug-likeness (QED) is 0.489. The van der Waals surface area contributed by atoms with Crippen LogP contribution >= 0.6 is 17.0 Å². The van der Waals surface area contributed by atoms with E-state index in [4.69, 9.17) is 0 Å². The van der Waals surface area contributed by atoms with Gasteiger partial charge in [-0.25, -0.2) is 4.39 Å². The van der Waals surface area contributed by atoms with Crippen molar-refractivity contribution in [2.24, 2.45) is 0 Å². The summed E-state index contributed by atoms with van der Waals surface area (Å²) in [6.45, 7) is 1.12. The highest BCUT2D eigenvalue weighted by molar-refractivity contribution is 8.93. The number of hydrogen-bond acceptors (Lipinski definition) is 3. The zero-order chi connectivity index (χ0) is 14.4. The highest BCUT2D eigenvalue weighted by Gasteiger charge is 2.11. The van der Waals surface area contributed by atoms with Crippen LogP contribution in [0.4, 0.5) is 10.1 Å². The third kappa shape index (κ3) is 5.24. The Labute approximate surface area is 132 Å². The predicted molar refractivity (Wildman–Crippen MR) is 85.2 cm³/mol. The van der Waals surface area contributed by atoms with Crippen LogP contribution in [0.2, 0.25) is 0 Å². The Morgan fingerprint density at radius 1 is 1.10 bits per heavy atom. The third-order valence-electron chi connectivity index (χ3n) is 3.01. The second kappa shape index (κ2) is 8.49. The van der Waals surface area contributed by atoms with Crippen LogP contribution in [-0.2, 0) is 13.0 Å². The first-order chi connectivity index (χ1) is 9.66.